The van der Waals surface area contributed by atoms with Gasteiger partial charge in [0.1, 0.15) is 5.00 Å². The summed E-state index contributed by atoms with van der Waals surface area (Å²) >= 11 is 3.09. The van der Waals surface area contributed by atoms with Crippen molar-refractivity contribution in [2.24, 2.45) is 5.92 Å². The predicted molar refractivity (Wildman–Crippen MR) is 108 cm³/mol. The van der Waals surface area contributed by atoms with Crippen LogP contribution in [0.1, 0.15) is 46.5 Å². The zero-order valence-electron chi connectivity index (χ0n) is 15.7. The molecule has 0 radical (unpaired) electrons. The first-order valence-corrected chi connectivity index (χ1v) is 10.8. The van der Waals surface area contributed by atoms with Gasteiger partial charge < -0.3 is 10.6 Å². The van der Waals surface area contributed by atoms with Gasteiger partial charge in [0.2, 0.25) is 0 Å². The van der Waals surface area contributed by atoms with E-state index in [0.717, 1.165) is 56.1 Å². The zero-order valence-corrected chi connectivity index (χ0v) is 17.3. The van der Waals surface area contributed by atoms with Crippen LogP contribution in [0.15, 0.2) is 5.38 Å². The van der Waals surface area contributed by atoms with E-state index < -0.39 is 0 Å². The van der Waals surface area contributed by atoms with Gasteiger partial charge in [-0.2, -0.15) is 4.37 Å². The number of aromatic nitrogens is 2. The normalized spacial score (nSPS) is 16.0. The van der Waals surface area contributed by atoms with Crippen molar-refractivity contribution < 1.29 is 4.79 Å². The van der Waals surface area contributed by atoms with E-state index >= 15 is 0 Å². The molecule has 0 unspecified atom stereocenters. The lowest BCUT2D eigenvalue weighted by Gasteiger charge is -2.31. The Morgan fingerprint density at radius 2 is 2.15 bits per heavy atom. The molecule has 1 amide bonds. The second-order valence-corrected chi connectivity index (χ2v) is 8.45. The van der Waals surface area contributed by atoms with Gasteiger partial charge in [-0.1, -0.05) is 6.92 Å². The highest BCUT2D eigenvalue weighted by Crippen LogP contribution is 2.24. The smallest absolute Gasteiger partial charge is 0.256 e. The molecule has 0 bridgehead atoms. The molecule has 1 saturated heterocycles. The van der Waals surface area contributed by atoms with E-state index in [1.165, 1.54) is 22.2 Å². The Morgan fingerprint density at radius 1 is 1.38 bits per heavy atom. The van der Waals surface area contributed by atoms with Crippen molar-refractivity contribution in [3.05, 3.63) is 27.3 Å². The summed E-state index contributed by atoms with van der Waals surface area (Å²) in [5.74, 6) is 0.527. The number of carbonyl (C=O) groups excluding carboxylic acids is 1. The van der Waals surface area contributed by atoms with E-state index in [2.05, 4.69) is 37.2 Å². The van der Waals surface area contributed by atoms with Gasteiger partial charge in [-0.25, -0.2) is 4.98 Å². The molecule has 3 rings (SSSR count). The second kappa shape index (κ2) is 8.92. The van der Waals surface area contributed by atoms with Gasteiger partial charge in [-0.3, -0.25) is 9.69 Å². The number of nitrogens with zero attached hydrogens (tertiary/aromatic N) is 3. The summed E-state index contributed by atoms with van der Waals surface area (Å²) < 4.78 is 4.27. The summed E-state index contributed by atoms with van der Waals surface area (Å²) in [6.45, 7) is 7.85. The number of carbonyl (C=O) groups is 1. The van der Waals surface area contributed by atoms with E-state index in [9.17, 15) is 4.79 Å². The molecule has 0 aromatic carbocycles. The fourth-order valence-corrected chi connectivity index (χ4v) is 4.77. The first-order valence-electron chi connectivity index (χ1n) is 9.18. The van der Waals surface area contributed by atoms with Crippen LogP contribution >= 0.6 is 22.9 Å². The number of piperidine rings is 1. The van der Waals surface area contributed by atoms with Gasteiger partial charge in [0, 0.05) is 25.5 Å². The van der Waals surface area contributed by atoms with E-state index in [1.54, 1.807) is 11.3 Å². The number of likely N-dealkylation sites (tertiary alicyclic amines) is 1. The minimum Gasteiger partial charge on any atom is -0.378 e. The van der Waals surface area contributed by atoms with Gasteiger partial charge in [-0.15, -0.1) is 11.3 Å². The topological polar surface area (TPSA) is 70.2 Å². The highest BCUT2D eigenvalue weighted by Gasteiger charge is 2.22. The Hall–Kier alpha value is -1.51. The number of nitrogens with one attached hydrogen (secondary N) is 2. The third-order valence-electron chi connectivity index (χ3n) is 4.86. The summed E-state index contributed by atoms with van der Waals surface area (Å²) in [4.78, 5) is 19.6. The van der Waals surface area contributed by atoms with Gasteiger partial charge in [0.05, 0.1) is 22.0 Å². The highest BCUT2D eigenvalue weighted by atomic mass is 32.1. The first-order chi connectivity index (χ1) is 12.6. The van der Waals surface area contributed by atoms with Crippen LogP contribution in [0.2, 0.25) is 0 Å². The maximum absolute atomic E-state index is 12.5. The molecule has 6 nitrogen and oxygen atoms in total. The van der Waals surface area contributed by atoms with Crippen LogP contribution in [-0.2, 0) is 13.0 Å². The van der Waals surface area contributed by atoms with Crippen molar-refractivity contribution in [1.29, 1.82) is 0 Å². The van der Waals surface area contributed by atoms with Crippen LogP contribution in [0.5, 0.6) is 0 Å². The lowest BCUT2D eigenvalue weighted by molar-refractivity contribution is 0.0935. The molecule has 2 aromatic heterocycles. The van der Waals surface area contributed by atoms with Crippen molar-refractivity contribution in [3.63, 3.8) is 0 Å². The molecule has 0 spiro atoms. The number of anilines is 1. The molecule has 8 heteroatoms. The third kappa shape index (κ3) is 4.61. The molecule has 2 N–H and O–H groups in total. The molecule has 26 heavy (non-hydrogen) atoms. The van der Waals surface area contributed by atoms with E-state index in [4.69, 9.17) is 0 Å². The Kier molecular flexibility index (Phi) is 6.61. The molecule has 0 aliphatic carbocycles. The Bertz CT molecular complexity index is 734. The van der Waals surface area contributed by atoms with Gasteiger partial charge in [0.15, 0.2) is 0 Å². The van der Waals surface area contributed by atoms with Crippen LogP contribution in [0.3, 0.4) is 0 Å². The fraction of sp³-hybridized carbons (Fsp3) is 0.611. The van der Waals surface area contributed by atoms with Crippen molar-refractivity contribution in [2.75, 3.05) is 32.0 Å². The van der Waals surface area contributed by atoms with E-state index in [-0.39, 0.29) is 5.91 Å². The Balaban J connectivity index is 1.44. The summed E-state index contributed by atoms with van der Waals surface area (Å²) in [5, 5.41) is 10.4. The molecule has 1 aliphatic rings. The SMILES string of the molecule is CCc1nc(CN2CCC(CNC(=O)c3c(C)nsc3NC)CC2)cs1. The molecule has 0 saturated carbocycles. The monoisotopic (exact) mass is 393 g/mol. The largest absolute Gasteiger partial charge is 0.378 e. The summed E-state index contributed by atoms with van der Waals surface area (Å²) in [5.41, 5.74) is 2.67. The van der Waals surface area contributed by atoms with Crippen LogP contribution in [0, 0.1) is 12.8 Å². The number of amides is 1. The predicted octanol–water partition coefficient (Wildman–Crippen LogP) is 3.15. The molecule has 142 valence electrons. The summed E-state index contributed by atoms with van der Waals surface area (Å²) in [6, 6.07) is 0. The fourth-order valence-electron chi connectivity index (χ4n) is 3.29. The lowest BCUT2D eigenvalue weighted by Crippen LogP contribution is -2.38. The minimum atomic E-state index is -0.0161. The lowest BCUT2D eigenvalue weighted by atomic mass is 9.96. The quantitative estimate of drug-likeness (QED) is 0.756. The second-order valence-electron chi connectivity index (χ2n) is 6.74. The standard InChI is InChI=1S/C18H27N5OS2/c1-4-15-21-14(11-25-15)10-23-7-5-13(6-8-23)9-20-17(24)16-12(2)22-26-18(16)19-3/h11,13,19H,4-10H2,1-3H3,(H,20,24). The van der Waals surface area contributed by atoms with Crippen molar-refractivity contribution in [2.45, 2.75) is 39.7 Å². The highest BCUT2D eigenvalue weighted by molar-refractivity contribution is 7.10. The maximum Gasteiger partial charge on any atom is 0.256 e. The molecule has 2 aromatic rings. The molecule has 3 heterocycles. The van der Waals surface area contributed by atoms with Crippen LogP contribution in [-0.4, -0.2) is 46.8 Å². The number of hydrogen-bond acceptors (Lipinski definition) is 7. The maximum atomic E-state index is 12.5. The van der Waals surface area contributed by atoms with Crippen LogP contribution in [0.25, 0.3) is 0 Å². The summed E-state index contributed by atoms with van der Waals surface area (Å²) in [6.07, 6.45) is 3.25. The van der Waals surface area contributed by atoms with Gasteiger partial charge in [0.25, 0.3) is 5.91 Å². The van der Waals surface area contributed by atoms with Crippen molar-refractivity contribution in [3.8, 4) is 0 Å². The Labute approximate surface area is 163 Å². The van der Waals surface area contributed by atoms with Crippen LogP contribution in [0.4, 0.5) is 5.00 Å². The zero-order chi connectivity index (χ0) is 18.5. The average Bonchev–Trinajstić information content (AvgIpc) is 3.26. The molecular formula is C18H27N5OS2. The first kappa shape index (κ1) is 19.3. The van der Waals surface area contributed by atoms with Crippen molar-refractivity contribution in [1.82, 2.24) is 19.6 Å². The van der Waals surface area contributed by atoms with Crippen molar-refractivity contribution >= 4 is 33.8 Å². The number of rotatable bonds is 7. The number of aryl methyl sites for hydroxylation is 2. The van der Waals surface area contributed by atoms with E-state index in [0.29, 0.717) is 11.5 Å². The number of thiazole rings is 1. The third-order valence-corrected chi connectivity index (χ3v) is 6.86. The van der Waals surface area contributed by atoms with E-state index in [1.807, 2.05) is 14.0 Å². The van der Waals surface area contributed by atoms with Gasteiger partial charge >= 0.3 is 0 Å². The van der Waals surface area contributed by atoms with Gasteiger partial charge in [-0.05, 0) is 56.7 Å². The van der Waals surface area contributed by atoms with Crippen LogP contribution < -0.4 is 10.6 Å². The minimum absolute atomic E-state index is 0.0161. The summed E-state index contributed by atoms with van der Waals surface area (Å²) in [7, 11) is 1.82. The molecule has 1 fully saturated rings. The number of hydrogen-bond donors (Lipinski definition) is 2. The average molecular weight is 394 g/mol. The Morgan fingerprint density at radius 3 is 2.81 bits per heavy atom. The molecule has 0 atom stereocenters. The molecule has 1 aliphatic heterocycles. The molecular weight excluding hydrogens is 366 g/mol.